The van der Waals surface area contributed by atoms with Crippen LogP contribution < -0.4 is 10.6 Å². The number of nitrogens with two attached hydrogens (primary N) is 1. The molecular weight excluding hydrogens is 316 g/mol. The molecule has 0 aromatic heterocycles. The number of carbonyl (C=O) groups excluding carboxylic acids is 1. The van der Waals surface area contributed by atoms with Crippen LogP contribution in [0.5, 0.6) is 0 Å². The fourth-order valence-electron chi connectivity index (χ4n) is 2.19. The van der Waals surface area contributed by atoms with Crippen molar-refractivity contribution in [3.05, 3.63) is 22.7 Å². The average Bonchev–Trinajstić information content (AvgIpc) is 2.41. The molecule has 112 valence electrons. The molecule has 1 aromatic rings. The van der Waals surface area contributed by atoms with E-state index in [1.54, 1.807) is 11.9 Å². The summed E-state index contributed by atoms with van der Waals surface area (Å²) in [5.74, 6) is 0.134. The fraction of sp³-hybridized carbons (Fsp3) is 0.562. The third-order valence-electron chi connectivity index (χ3n) is 3.47. The van der Waals surface area contributed by atoms with Crippen molar-refractivity contribution in [3.8, 4) is 0 Å². The third kappa shape index (κ3) is 5.53. The highest BCUT2D eigenvalue weighted by molar-refractivity contribution is 9.10. The summed E-state index contributed by atoms with van der Waals surface area (Å²) < 4.78 is 0.926. The normalized spacial score (nSPS) is 10.6. The maximum absolute atomic E-state index is 12.1. The first kappa shape index (κ1) is 17.0. The second-order valence-electron chi connectivity index (χ2n) is 5.17. The first-order chi connectivity index (χ1) is 9.56. The molecule has 0 aliphatic rings. The molecule has 0 spiro atoms. The summed E-state index contributed by atoms with van der Waals surface area (Å²) in [7, 11) is 1.79. The second kappa shape index (κ2) is 9.01. The average molecular weight is 341 g/mol. The number of halogens is 1. The van der Waals surface area contributed by atoms with Gasteiger partial charge in [0.15, 0.2) is 0 Å². The molecular formula is C16H25BrN2O. The maximum Gasteiger partial charge on any atom is 0.226 e. The fourth-order valence-corrected chi connectivity index (χ4v) is 2.57. The van der Waals surface area contributed by atoms with Crippen LogP contribution in [0.3, 0.4) is 0 Å². The monoisotopic (exact) mass is 340 g/mol. The van der Waals surface area contributed by atoms with Gasteiger partial charge in [0, 0.05) is 17.9 Å². The van der Waals surface area contributed by atoms with E-state index in [4.69, 9.17) is 5.73 Å². The number of nitrogens with zero attached hydrogens (tertiary/aromatic N) is 1. The van der Waals surface area contributed by atoms with E-state index in [1.807, 2.05) is 18.2 Å². The van der Waals surface area contributed by atoms with E-state index >= 15 is 0 Å². The Morgan fingerprint density at radius 3 is 2.50 bits per heavy atom. The Hall–Kier alpha value is -1.03. The SMILES string of the molecule is CCCCCCCCC(=O)N(C)c1ccc(Br)cc1N. The van der Waals surface area contributed by atoms with Crippen LogP contribution in [-0.4, -0.2) is 13.0 Å². The molecule has 1 amide bonds. The molecule has 0 heterocycles. The minimum absolute atomic E-state index is 0.134. The van der Waals surface area contributed by atoms with E-state index in [0.717, 1.165) is 23.0 Å². The molecule has 3 nitrogen and oxygen atoms in total. The minimum atomic E-state index is 0.134. The second-order valence-corrected chi connectivity index (χ2v) is 6.09. The van der Waals surface area contributed by atoms with Gasteiger partial charge in [-0.05, 0) is 24.6 Å². The topological polar surface area (TPSA) is 46.3 Å². The molecule has 0 unspecified atom stereocenters. The maximum atomic E-state index is 12.1. The summed E-state index contributed by atoms with van der Waals surface area (Å²) in [6.07, 6.45) is 7.75. The molecule has 4 heteroatoms. The lowest BCUT2D eigenvalue weighted by molar-refractivity contribution is -0.118. The Balaban J connectivity index is 2.39. The smallest absolute Gasteiger partial charge is 0.226 e. The van der Waals surface area contributed by atoms with Crippen molar-refractivity contribution in [2.24, 2.45) is 0 Å². The summed E-state index contributed by atoms with van der Waals surface area (Å²) in [6.45, 7) is 2.21. The Kier molecular flexibility index (Phi) is 7.67. The lowest BCUT2D eigenvalue weighted by Gasteiger charge is -2.19. The number of carbonyl (C=O) groups is 1. The molecule has 0 aliphatic heterocycles. The van der Waals surface area contributed by atoms with E-state index in [-0.39, 0.29) is 5.91 Å². The van der Waals surface area contributed by atoms with Gasteiger partial charge in [-0.2, -0.15) is 0 Å². The van der Waals surface area contributed by atoms with Crippen molar-refractivity contribution in [3.63, 3.8) is 0 Å². The minimum Gasteiger partial charge on any atom is -0.397 e. The van der Waals surface area contributed by atoms with Crippen LogP contribution in [0, 0.1) is 0 Å². The van der Waals surface area contributed by atoms with Gasteiger partial charge in [0.25, 0.3) is 0 Å². The van der Waals surface area contributed by atoms with E-state index in [9.17, 15) is 4.79 Å². The summed E-state index contributed by atoms with van der Waals surface area (Å²) in [5, 5.41) is 0. The van der Waals surface area contributed by atoms with Crippen molar-refractivity contribution in [2.75, 3.05) is 17.7 Å². The van der Waals surface area contributed by atoms with E-state index in [2.05, 4.69) is 22.9 Å². The van der Waals surface area contributed by atoms with Gasteiger partial charge >= 0.3 is 0 Å². The van der Waals surface area contributed by atoms with Gasteiger partial charge in [0.2, 0.25) is 5.91 Å². The zero-order valence-electron chi connectivity index (χ0n) is 12.5. The highest BCUT2D eigenvalue weighted by Gasteiger charge is 2.13. The standard InChI is InChI=1S/C16H25BrN2O/c1-3-4-5-6-7-8-9-16(20)19(2)15-11-10-13(17)12-14(15)18/h10-12H,3-9,18H2,1-2H3. The van der Waals surface area contributed by atoms with Crippen molar-refractivity contribution in [1.82, 2.24) is 0 Å². The van der Waals surface area contributed by atoms with Gasteiger partial charge in [0.1, 0.15) is 0 Å². The number of unbranched alkanes of at least 4 members (excludes halogenated alkanes) is 5. The van der Waals surface area contributed by atoms with Gasteiger partial charge in [-0.3, -0.25) is 4.79 Å². The third-order valence-corrected chi connectivity index (χ3v) is 3.96. The highest BCUT2D eigenvalue weighted by Crippen LogP contribution is 2.26. The summed E-state index contributed by atoms with van der Waals surface area (Å²) in [4.78, 5) is 13.8. The molecule has 1 rings (SSSR count). The van der Waals surface area contributed by atoms with E-state index < -0.39 is 0 Å². The number of anilines is 2. The molecule has 0 fully saturated rings. The first-order valence-electron chi connectivity index (χ1n) is 7.37. The molecule has 20 heavy (non-hydrogen) atoms. The predicted octanol–water partition coefficient (Wildman–Crippen LogP) is 4.74. The van der Waals surface area contributed by atoms with E-state index in [1.165, 1.54) is 25.7 Å². The number of nitrogen functional groups attached to an aromatic ring is 1. The van der Waals surface area contributed by atoms with Crippen LogP contribution in [0.4, 0.5) is 11.4 Å². The molecule has 0 atom stereocenters. The van der Waals surface area contributed by atoms with Crippen LogP contribution in [-0.2, 0) is 4.79 Å². The van der Waals surface area contributed by atoms with Gasteiger partial charge in [-0.15, -0.1) is 0 Å². The number of amides is 1. The Morgan fingerprint density at radius 2 is 1.85 bits per heavy atom. The molecule has 2 N–H and O–H groups in total. The van der Waals surface area contributed by atoms with Gasteiger partial charge in [0.05, 0.1) is 11.4 Å². The molecule has 0 radical (unpaired) electrons. The molecule has 0 aliphatic carbocycles. The van der Waals surface area contributed by atoms with Crippen LogP contribution in [0.25, 0.3) is 0 Å². The Morgan fingerprint density at radius 1 is 1.20 bits per heavy atom. The van der Waals surface area contributed by atoms with Crippen LogP contribution in [0.1, 0.15) is 51.9 Å². The zero-order chi connectivity index (χ0) is 15.0. The van der Waals surface area contributed by atoms with Gasteiger partial charge in [-0.25, -0.2) is 0 Å². The van der Waals surface area contributed by atoms with Gasteiger partial charge in [-0.1, -0.05) is 55.0 Å². The first-order valence-corrected chi connectivity index (χ1v) is 8.17. The Bertz CT molecular complexity index is 434. The number of hydrogen-bond acceptors (Lipinski definition) is 2. The summed E-state index contributed by atoms with van der Waals surface area (Å²) >= 11 is 3.37. The summed E-state index contributed by atoms with van der Waals surface area (Å²) in [5.41, 5.74) is 7.35. The van der Waals surface area contributed by atoms with Crippen LogP contribution in [0.15, 0.2) is 22.7 Å². The number of benzene rings is 1. The molecule has 1 aromatic carbocycles. The Labute approximate surface area is 130 Å². The lowest BCUT2D eigenvalue weighted by atomic mass is 10.1. The van der Waals surface area contributed by atoms with Crippen molar-refractivity contribution in [2.45, 2.75) is 51.9 Å². The lowest BCUT2D eigenvalue weighted by Crippen LogP contribution is -2.26. The number of rotatable bonds is 8. The van der Waals surface area contributed by atoms with Gasteiger partial charge < -0.3 is 10.6 Å². The van der Waals surface area contributed by atoms with E-state index in [0.29, 0.717) is 12.1 Å². The largest absolute Gasteiger partial charge is 0.397 e. The molecule has 0 saturated carbocycles. The number of hydrogen-bond donors (Lipinski definition) is 1. The van der Waals surface area contributed by atoms with Crippen molar-refractivity contribution in [1.29, 1.82) is 0 Å². The highest BCUT2D eigenvalue weighted by atomic mass is 79.9. The zero-order valence-corrected chi connectivity index (χ0v) is 14.1. The van der Waals surface area contributed by atoms with Crippen molar-refractivity contribution < 1.29 is 4.79 Å². The van der Waals surface area contributed by atoms with Crippen LogP contribution >= 0.6 is 15.9 Å². The molecule has 0 bridgehead atoms. The quantitative estimate of drug-likeness (QED) is 0.548. The molecule has 0 saturated heterocycles. The summed E-state index contributed by atoms with van der Waals surface area (Å²) in [6, 6.07) is 5.60. The van der Waals surface area contributed by atoms with Crippen LogP contribution in [0.2, 0.25) is 0 Å². The van der Waals surface area contributed by atoms with Crippen molar-refractivity contribution >= 4 is 33.2 Å². The predicted molar refractivity (Wildman–Crippen MR) is 90.0 cm³/mol.